The molecule has 0 aliphatic heterocycles. The molecule has 0 bridgehead atoms. The van der Waals surface area contributed by atoms with Gasteiger partial charge in [-0.15, -0.1) is 9.78 Å². The number of aliphatic carboxylic acids is 1. The van der Waals surface area contributed by atoms with Crippen molar-refractivity contribution in [1.82, 2.24) is 24.7 Å². The first-order valence-electron chi connectivity index (χ1n) is 11.7. The van der Waals surface area contributed by atoms with Crippen LogP contribution in [0.4, 0.5) is 4.39 Å². The number of hydrogen-bond donors (Lipinski definition) is 4. The van der Waals surface area contributed by atoms with Crippen LogP contribution in [-0.4, -0.2) is 62.0 Å². The van der Waals surface area contributed by atoms with E-state index in [0.29, 0.717) is 29.3 Å². The summed E-state index contributed by atoms with van der Waals surface area (Å²) in [5.41, 5.74) is 7.35. The Hall–Kier alpha value is -5.07. The number of H-pyrrole nitrogens is 1. The van der Waals surface area contributed by atoms with Gasteiger partial charge >= 0.3 is 5.69 Å². The lowest BCUT2D eigenvalue weighted by molar-refractivity contribution is -0.134. The van der Waals surface area contributed by atoms with Crippen molar-refractivity contribution in [3.8, 4) is 17.4 Å². The third kappa shape index (κ3) is 7.95. The standard InChI is InChI=1S/C24H24FN7O3.C2H4O2/c1-34-18-12-17(13-19(14-18)35-10-7-25)20(11-15-3-5-16(6-4-15)21(26)27)22-30-24(33)32(31-22)23-28-8-2-9-29-23;1-2(3)4/h2-6,8-9,12-14,20H,7,10-11H2,1H3,(H3,26,27)(H,30,31,33);1H3,(H,3,4). The highest BCUT2D eigenvalue weighted by atomic mass is 19.1. The largest absolute Gasteiger partial charge is 0.497 e. The summed E-state index contributed by atoms with van der Waals surface area (Å²) in [7, 11) is 1.52. The maximum absolute atomic E-state index is 12.7. The Morgan fingerprint density at radius 2 is 1.82 bits per heavy atom. The number of carbonyl (C=O) groups is 1. The molecule has 4 rings (SSSR count). The smallest absolute Gasteiger partial charge is 0.350 e. The molecule has 0 saturated heterocycles. The lowest BCUT2D eigenvalue weighted by Gasteiger charge is -2.18. The van der Waals surface area contributed by atoms with Crippen LogP contribution in [0.1, 0.15) is 35.4 Å². The Balaban J connectivity index is 0.000000983. The maximum Gasteiger partial charge on any atom is 0.350 e. The Labute approximate surface area is 222 Å². The van der Waals surface area contributed by atoms with Crippen LogP contribution in [0.3, 0.4) is 0 Å². The van der Waals surface area contributed by atoms with Crippen LogP contribution in [0, 0.1) is 5.41 Å². The molecule has 5 N–H and O–H groups in total. The molecule has 1 unspecified atom stereocenters. The average Bonchev–Trinajstić information content (AvgIpc) is 3.31. The lowest BCUT2D eigenvalue weighted by atomic mass is 9.90. The molecule has 0 fully saturated rings. The average molecular weight is 538 g/mol. The van der Waals surface area contributed by atoms with Crippen LogP contribution in [0.15, 0.2) is 65.7 Å². The number of benzene rings is 2. The molecule has 0 aliphatic carbocycles. The Morgan fingerprint density at radius 3 is 2.41 bits per heavy atom. The fourth-order valence-corrected chi connectivity index (χ4v) is 3.61. The quantitative estimate of drug-likeness (QED) is 0.174. The summed E-state index contributed by atoms with van der Waals surface area (Å²) in [6, 6.07) is 14.1. The molecule has 0 aliphatic rings. The zero-order valence-corrected chi connectivity index (χ0v) is 21.3. The van der Waals surface area contributed by atoms with Crippen molar-refractivity contribution in [3.05, 3.63) is 93.9 Å². The van der Waals surface area contributed by atoms with Crippen molar-refractivity contribution in [3.63, 3.8) is 0 Å². The second-order valence-corrected chi connectivity index (χ2v) is 8.14. The van der Waals surface area contributed by atoms with Gasteiger partial charge in [0.05, 0.1) is 7.11 Å². The van der Waals surface area contributed by atoms with Gasteiger partial charge in [0, 0.05) is 36.9 Å². The van der Waals surface area contributed by atoms with E-state index >= 15 is 0 Å². The lowest BCUT2D eigenvalue weighted by Crippen LogP contribution is -2.18. The SMILES string of the molecule is CC(=O)O.COc1cc(OCCF)cc(C(Cc2ccc(C(=N)N)cc2)c2nn(-c3ncccn3)c(=O)[nH]2)c1. The number of rotatable bonds is 10. The number of nitrogen functional groups attached to an aromatic ring is 1. The second kappa shape index (κ2) is 13.5. The number of carboxylic acid groups (broad SMARTS) is 1. The van der Waals surface area contributed by atoms with Crippen LogP contribution in [-0.2, 0) is 11.2 Å². The van der Waals surface area contributed by atoms with Gasteiger partial charge in [-0.1, -0.05) is 24.3 Å². The number of alkyl halides is 1. The molecule has 204 valence electrons. The summed E-state index contributed by atoms with van der Waals surface area (Å²) >= 11 is 0. The van der Waals surface area contributed by atoms with E-state index in [0.717, 1.165) is 22.7 Å². The Bertz CT molecular complexity index is 1450. The third-order valence-electron chi connectivity index (χ3n) is 5.30. The number of hydrogen-bond acceptors (Lipinski definition) is 8. The van der Waals surface area contributed by atoms with Gasteiger partial charge in [-0.25, -0.2) is 19.2 Å². The number of ether oxygens (including phenoxy) is 2. The highest BCUT2D eigenvalue weighted by Crippen LogP contribution is 2.32. The molecule has 0 radical (unpaired) electrons. The zero-order chi connectivity index (χ0) is 28.4. The van der Waals surface area contributed by atoms with Crippen LogP contribution in [0.25, 0.3) is 5.95 Å². The van der Waals surface area contributed by atoms with E-state index in [1.165, 1.54) is 19.5 Å². The van der Waals surface area contributed by atoms with Crippen molar-refractivity contribution in [2.24, 2.45) is 5.73 Å². The van der Waals surface area contributed by atoms with E-state index in [1.807, 2.05) is 18.2 Å². The van der Waals surface area contributed by atoms with Gasteiger partial charge in [0.1, 0.15) is 36.4 Å². The van der Waals surface area contributed by atoms with E-state index < -0.39 is 24.3 Å². The molecular formula is C26H28FN7O5. The topological polar surface area (TPSA) is 182 Å². The number of nitrogens with one attached hydrogen (secondary N) is 2. The maximum atomic E-state index is 12.7. The molecule has 13 heteroatoms. The van der Waals surface area contributed by atoms with Crippen LogP contribution in [0.2, 0.25) is 0 Å². The molecule has 0 saturated carbocycles. The fourth-order valence-electron chi connectivity index (χ4n) is 3.61. The molecule has 2 heterocycles. The van der Waals surface area contributed by atoms with Gasteiger partial charge in [-0.3, -0.25) is 15.2 Å². The summed E-state index contributed by atoms with van der Waals surface area (Å²) in [5.74, 6) is 0.175. The normalized spacial score (nSPS) is 11.2. The molecule has 0 amide bonds. The molecule has 39 heavy (non-hydrogen) atoms. The van der Waals surface area contributed by atoms with E-state index in [1.54, 1.807) is 30.3 Å². The number of aromatic amines is 1. The Morgan fingerprint density at radius 1 is 1.18 bits per heavy atom. The number of nitrogens with two attached hydrogens (primary N) is 1. The van der Waals surface area contributed by atoms with E-state index in [2.05, 4.69) is 20.1 Å². The number of amidine groups is 1. The number of methoxy groups -OCH3 is 1. The first kappa shape index (κ1) is 28.5. The van der Waals surface area contributed by atoms with E-state index in [9.17, 15) is 9.18 Å². The summed E-state index contributed by atoms with van der Waals surface area (Å²) in [5, 5.41) is 19.5. The minimum Gasteiger partial charge on any atom is -0.497 e. The monoisotopic (exact) mass is 537 g/mol. The van der Waals surface area contributed by atoms with Gasteiger partial charge in [-0.05, 0) is 35.7 Å². The molecule has 0 spiro atoms. The predicted molar refractivity (Wildman–Crippen MR) is 141 cm³/mol. The van der Waals surface area contributed by atoms with Gasteiger partial charge < -0.3 is 20.3 Å². The van der Waals surface area contributed by atoms with Crippen LogP contribution < -0.4 is 20.9 Å². The van der Waals surface area contributed by atoms with Crippen LogP contribution in [0.5, 0.6) is 11.5 Å². The van der Waals surface area contributed by atoms with E-state index in [-0.39, 0.29) is 18.4 Å². The minimum atomic E-state index is -0.833. The number of carboxylic acids is 1. The summed E-state index contributed by atoms with van der Waals surface area (Å²) < 4.78 is 24.8. The Kier molecular flexibility index (Phi) is 9.84. The van der Waals surface area contributed by atoms with Crippen molar-refractivity contribution in [2.45, 2.75) is 19.3 Å². The highest BCUT2D eigenvalue weighted by Gasteiger charge is 2.23. The predicted octanol–water partition coefficient (Wildman–Crippen LogP) is 2.46. The molecule has 2 aromatic carbocycles. The van der Waals surface area contributed by atoms with E-state index in [4.69, 9.17) is 30.5 Å². The van der Waals surface area contributed by atoms with Crippen molar-refractivity contribution >= 4 is 11.8 Å². The van der Waals surface area contributed by atoms with Gasteiger partial charge in [0.15, 0.2) is 0 Å². The van der Waals surface area contributed by atoms with Crippen molar-refractivity contribution in [2.75, 3.05) is 20.4 Å². The second-order valence-electron chi connectivity index (χ2n) is 8.14. The molecule has 2 aromatic heterocycles. The van der Waals surface area contributed by atoms with Crippen molar-refractivity contribution < 1.29 is 23.8 Å². The molecule has 12 nitrogen and oxygen atoms in total. The first-order chi connectivity index (χ1) is 18.7. The summed E-state index contributed by atoms with van der Waals surface area (Å²) in [4.78, 5) is 32.7. The third-order valence-corrected chi connectivity index (χ3v) is 5.30. The fraction of sp³-hybridized carbons (Fsp3) is 0.231. The first-order valence-corrected chi connectivity index (χ1v) is 11.7. The summed E-state index contributed by atoms with van der Waals surface area (Å²) in [6.07, 6.45) is 3.48. The molecule has 4 aromatic rings. The molecular weight excluding hydrogens is 509 g/mol. The zero-order valence-electron chi connectivity index (χ0n) is 21.3. The van der Waals surface area contributed by atoms with Gasteiger partial charge in [0.25, 0.3) is 11.9 Å². The number of halogens is 1. The van der Waals surface area contributed by atoms with Gasteiger partial charge in [0.2, 0.25) is 0 Å². The minimum absolute atomic E-state index is 0.0264. The number of nitrogens with zero attached hydrogens (tertiary/aromatic N) is 4. The van der Waals surface area contributed by atoms with Gasteiger partial charge in [-0.2, -0.15) is 0 Å². The van der Waals surface area contributed by atoms with Crippen LogP contribution >= 0.6 is 0 Å². The number of aromatic nitrogens is 5. The molecule has 1 atom stereocenters. The van der Waals surface area contributed by atoms with Crippen molar-refractivity contribution in [1.29, 1.82) is 5.41 Å². The summed E-state index contributed by atoms with van der Waals surface area (Å²) in [6.45, 7) is 0.355. The highest BCUT2D eigenvalue weighted by molar-refractivity contribution is 5.94.